The number of nitrogens with zero attached hydrogens (tertiary/aromatic N) is 3. The molecule has 3 aromatic rings. The Morgan fingerprint density at radius 1 is 1.39 bits per heavy atom. The summed E-state index contributed by atoms with van der Waals surface area (Å²) >= 11 is 2.24. The van der Waals surface area contributed by atoms with Crippen molar-refractivity contribution in [2.24, 2.45) is 5.92 Å². The molecule has 0 aliphatic carbocycles. The molecule has 4 atom stereocenters. The van der Waals surface area contributed by atoms with Crippen LogP contribution in [-0.4, -0.2) is 42.1 Å². The minimum absolute atomic E-state index is 0.0198. The van der Waals surface area contributed by atoms with Crippen molar-refractivity contribution in [3.63, 3.8) is 0 Å². The van der Waals surface area contributed by atoms with Crippen LogP contribution in [0.3, 0.4) is 0 Å². The third-order valence-corrected chi connectivity index (χ3v) is 5.70. The molecule has 0 amide bonds. The average molecular weight is 495 g/mol. The van der Waals surface area contributed by atoms with Gasteiger partial charge in [0, 0.05) is 10.3 Å². The summed E-state index contributed by atoms with van der Waals surface area (Å²) in [5.74, 6) is -0.519. The minimum Gasteiger partial charge on any atom is -0.454 e. The number of imidazole rings is 1. The monoisotopic (exact) mass is 495 g/mol. The van der Waals surface area contributed by atoms with Gasteiger partial charge >= 0.3 is 5.97 Å². The van der Waals surface area contributed by atoms with Gasteiger partial charge < -0.3 is 15.2 Å². The van der Waals surface area contributed by atoms with Crippen LogP contribution in [0, 0.1) is 5.92 Å². The number of carbonyl (C=O) groups excluding carboxylic acids is 1. The third kappa shape index (κ3) is 3.26. The number of aromatic nitrogens is 4. The maximum Gasteiger partial charge on any atom is 0.338 e. The first-order chi connectivity index (χ1) is 13.5. The van der Waals surface area contributed by atoms with Crippen LogP contribution in [0.1, 0.15) is 23.5 Å². The summed E-state index contributed by atoms with van der Waals surface area (Å²) in [6.45, 7) is 1.97. The van der Waals surface area contributed by atoms with Crippen LogP contribution in [-0.2, 0) is 9.47 Å². The SMILES string of the molecule is C[C@H]1[C@H](OC(=O)c2ccccc2)[C@H](n2cnc3c(=O)[nH]c(N)nc32)O[C@@H]1CI. The van der Waals surface area contributed by atoms with Gasteiger partial charge in [0.1, 0.15) is 0 Å². The van der Waals surface area contributed by atoms with E-state index in [-0.39, 0.29) is 29.1 Å². The van der Waals surface area contributed by atoms with Gasteiger partial charge in [-0.05, 0) is 12.1 Å². The van der Waals surface area contributed by atoms with Crippen LogP contribution in [0.15, 0.2) is 41.5 Å². The Morgan fingerprint density at radius 3 is 2.86 bits per heavy atom. The Kier molecular flexibility index (Phi) is 5.06. The number of benzene rings is 1. The molecule has 0 unspecified atom stereocenters. The highest BCUT2D eigenvalue weighted by Gasteiger charge is 2.45. The molecular formula is C18H18IN5O4. The Bertz CT molecular complexity index is 1070. The smallest absolute Gasteiger partial charge is 0.338 e. The summed E-state index contributed by atoms with van der Waals surface area (Å²) in [5.41, 5.74) is 6.15. The first-order valence-electron chi connectivity index (χ1n) is 8.69. The Labute approximate surface area is 173 Å². The van der Waals surface area contributed by atoms with Gasteiger partial charge in [-0.3, -0.25) is 14.3 Å². The van der Waals surface area contributed by atoms with Gasteiger partial charge in [-0.25, -0.2) is 9.78 Å². The first kappa shape index (κ1) is 18.9. The van der Waals surface area contributed by atoms with E-state index in [0.717, 1.165) is 4.43 Å². The maximum atomic E-state index is 12.6. The predicted molar refractivity (Wildman–Crippen MR) is 110 cm³/mol. The van der Waals surface area contributed by atoms with E-state index in [9.17, 15) is 9.59 Å². The number of aromatic amines is 1. The van der Waals surface area contributed by atoms with Gasteiger partial charge in [-0.15, -0.1) is 0 Å². The van der Waals surface area contributed by atoms with Gasteiger partial charge in [-0.1, -0.05) is 47.7 Å². The Hall–Kier alpha value is -2.47. The van der Waals surface area contributed by atoms with E-state index < -0.39 is 23.9 Å². The summed E-state index contributed by atoms with van der Waals surface area (Å²) in [4.78, 5) is 35.4. The highest BCUT2D eigenvalue weighted by molar-refractivity contribution is 14.1. The van der Waals surface area contributed by atoms with E-state index in [1.165, 1.54) is 6.33 Å². The van der Waals surface area contributed by atoms with E-state index >= 15 is 0 Å². The molecule has 0 spiro atoms. The standard InChI is InChI=1S/C18H18IN5O4/c1-9-11(7-19)27-16(13(9)28-17(26)10-5-3-2-4-6-10)24-8-21-12-14(24)22-18(20)23-15(12)25/h2-6,8-9,11,13,16H,7H2,1H3,(H3,20,22,23,25)/t9-,11-,13+,16-/m1/s1. The lowest BCUT2D eigenvalue weighted by Gasteiger charge is -2.22. The molecule has 146 valence electrons. The van der Waals surface area contributed by atoms with Gasteiger partial charge in [0.15, 0.2) is 23.5 Å². The van der Waals surface area contributed by atoms with Crippen LogP contribution in [0.5, 0.6) is 0 Å². The van der Waals surface area contributed by atoms with Gasteiger partial charge in [0.25, 0.3) is 5.56 Å². The number of hydrogen-bond acceptors (Lipinski definition) is 7. The number of ether oxygens (including phenoxy) is 2. The topological polar surface area (TPSA) is 125 Å². The molecule has 3 heterocycles. The van der Waals surface area contributed by atoms with Crippen LogP contribution in [0.4, 0.5) is 5.95 Å². The maximum absolute atomic E-state index is 12.6. The van der Waals surface area contributed by atoms with Crippen molar-refractivity contribution < 1.29 is 14.3 Å². The third-order valence-electron chi connectivity index (χ3n) is 4.83. The summed E-state index contributed by atoms with van der Waals surface area (Å²) in [7, 11) is 0. The fourth-order valence-corrected chi connectivity index (χ4v) is 4.32. The van der Waals surface area contributed by atoms with Crippen LogP contribution < -0.4 is 11.3 Å². The Balaban J connectivity index is 1.72. The molecule has 1 aromatic carbocycles. The zero-order valence-corrected chi connectivity index (χ0v) is 17.1. The molecule has 1 aliphatic heterocycles. The van der Waals surface area contributed by atoms with E-state index in [0.29, 0.717) is 5.56 Å². The molecule has 10 heteroatoms. The molecule has 4 rings (SSSR count). The molecule has 0 saturated carbocycles. The van der Waals surface area contributed by atoms with Gasteiger partial charge in [-0.2, -0.15) is 4.98 Å². The lowest BCUT2D eigenvalue weighted by atomic mass is 10.0. The van der Waals surface area contributed by atoms with Crippen molar-refractivity contribution in [2.45, 2.75) is 25.4 Å². The first-order valence-corrected chi connectivity index (χ1v) is 10.2. The molecule has 0 radical (unpaired) electrons. The lowest BCUT2D eigenvalue weighted by Crippen LogP contribution is -2.30. The summed E-state index contributed by atoms with van der Waals surface area (Å²) in [6, 6.07) is 8.78. The quantitative estimate of drug-likeness (QED) is 0.322. The van der Waals surface area contributed by atoms with Crippen molar-refractivity contribution in [3.8, 4) is 0 Å². The summed E-state index contributed by atoms with van der Waals surface area (Å²) in [5, 5.41) is 0. The normalized spacial score (nSPS) is 24.5. The van der Waals surface area contributed by atoms with E-state index in [1.807, 2.05) is 13.0 Å². The van der Waals surface area contributed by atoms with Crippen molar-refractivity contribution in [1.29, 1.82) is 0 Å². The van der Waals surface area contributed by atoms with E-state index in [4.69, 9.17) is 15.2 Å². The number of halogens is 1. The highest BCUT2D eigenvalue weighted by atomic mass is 127. The molecule has 3 N–H and O–H groups in total. The van der Waals surface area contributed by atoms with Crippen molar-refractivity contribution in [2.75, 3.05) is 10.2 Å². The predicted octanol–water partition coefficient (Wildman–Crippen LogP) is 1.90. The molecule has 9 nitrogen and oxygen atoms in total. The number of alkyl halides is 1. The van der Waals surface area contributed by atoms with E-state index in [2.05, 4.69) is 37.5 Å². The van der Waals surface area contributed by atoms with Crippen LogP contribution in [0.25, 0.3) is 11.2 Å². The van der Waals surface area contributed by atoms with E-state index in [1.54, 1.807) is 28.8 Å². The number of anilines is 1. The second kappa shape index (κ2) is 7.51. The summed E-state index contributed by atoms with van der Waals surface area (Å²) in [6.07, 6.45) is 0.0899. The number of H-pyrrole nitrogens is 1. The van der Waals surface area contributed by atoms with Gasteiger partial charge in [0.2, 0.25) is 5.95 Å². The van der Waals surface area contributed by atoms with Crippen molar-refractivity contribution >= 4 is 45.7 Å². The van der Waals surface area contributed by atoms with Gasteiger partial charge in [0.05, 0.1) is 18.0 Å². The number of rotatable bonds is 4. The van der Waals surface area contributed by atoms with Crippen molar-refractivity contribution in [1.82, 2.24) is 19.5 Å². The number of nitrogens with one attached hydrogen (secondary N) is 1. The number of carbonyl (C=O) groups is 1. The zero-order valence-electron chi connectivity index (χ0n) is 14.9. The highest BCUT2D eigenvalue weighted by Crippen LogP contribution is 2.38. The van der Waals surface area contributed by atoms with Crippen LogP contribution in [0.2, 0.25) is 0 Å². The minimum atomic E-state index is -0.666. The molecule has 1 fully saturated rings. The number of nitrogen functional groups attached to an aromatic ring is 1. The molecule has 0 bridgehead atoms. The van der Waals surface area contributed by atoms with Crippen LogP contribution >= 0.6 is 22.6 Å². The Morgan fingerprint density at radius 2 is 2.14 bits per heavy atom. The number of hydrogen-bond donors (Lipinski definition) is 2. The lowest BCUT2D eigenvalue weighted by molar-refractivity contribution is -0.0421. The number of esters is 1. The molecular weight excluding hydrogens is 477 g/mol. The fourth-order valence-electron chi connectivity index (χ4n) is 3.31. The second-order valence-corrected chi connectivity index (χ2v) is 7.47. The summed E-state index contributed by atoms with van der Waals surface area (Å²) < 4.78 is 14.3. The number of nitrogens with two attached hydrogens (primary N) is 1. The molecule has 1 aliphatic rings. The largest absolute Gasteiger partial charge is 0.454 e. The van der Waals surface area contributed by atoms with Crippen molar-refractivity contribution in [3.05, 3.63) is 52.6 Å². The fraction of sp³-hybridized carbons (Fsp3) is 0.333. The molecule has 1 saturated heterocycles. The number of fused-ring (bicyclic) bond motifs is 1. The molecule has 2 aromatic heterocycles. The molecule has 28 heavy (non-hydrogen) atoms. The zero-order chi connectivity index (χ0) is 19.8. The average Bonchev–Trinajstić information content (AvgIpc) is 3.24. The second-order valence-electron chi connectivity index (χ2n) is 6.59.